The molecule has 1 saturated carbocycles. The third-order valence-electron chi connectivity index (χ3n) is 4.51. The lowest BCUT2D eigenvalue weighted by atomic mass is 9.48. The van der Waals surface area contributed by atoms with Gasteiger partial charge in [0.2, 0.25) is 0 Å². The minimum atomic E-state index is -0.296. The van der Waals surface area contributed by atoms with Crippen LogP contribution in [0, 0.1) is 16.7 Å². The smallest absolute Gasteiger partial charge is 0.0833 e. The van der Waals surface area contributed by atoms with E-state index in [-0.39, 0.29) is 5.41 Å². The molecular formula is C17H22ClN. The number of rotatable bonds is 5. The van der Waals surface area contributed by atoms with Gasteiger partial charge < -0.3 is 0 Å². The number of halogens is 1. The third kappa shape index (κ3) is 2.65. The van der Waals surface area contributed by atoms with Crippen LogP contribution in [-0.4, -0.2) is 0 Å². The summed E-state index contributed by atoms with van der Waals surface area (Å²) >= 11 is 6.07. The zero-order valence-electron chi connectivity index (χ0n) is 11.9. The first-order valence-electron chi connectivity index (χ1n) is 7.27. The van der Waals surface area contributed by atoms with Gasteiger partial charge in [0.15, 0.2) is 0 Å². The maximum atomic E-state index is 9.66. The van der Waals surface area contributed by atoms with E-state index in [9.17, 15) is 5.26 Å². The van der Waals surface area contributed by atoms with Gasteiger partial charge in [-0.15, -0.1) is 0 Å². The van der Waals surface area contributed by atoms with Crippen LogP contribution in [0.4, 0.5) is 0 Å². The summed E-state index contributed by atoms with van der Waals surface area (Å²) in [5.74, 6) is 0. The topological polar surface area (TPSA) is 23.8 Å². The monoisotopic (exact) mass is 275 g/mol. The molecule has 1 aromatic rings. The second-order valence-corrected chi connectivity index (χ2v) is 6.49. The van der Waals surface area contributed by atoms with Gasteiger partial charge in [-0.25, -0.2) is 0 Å². The molecule has 0 N–H and O–H groups in total. The van der Waals surface area contributed by atoms with Crippen LogP contribution in [0.1, 0.15) is 57.9 Å². The van der Waals surface area contributed by atoms with Crippen LogP contribution in [0.3, 0.4) is 0 Å². The Balaban J connectivity index is 2.23. The van der Waals surface area contributed by atoms with Gasteiger partial charge in [-0.3, -0.25) is 0 Å². The Hall–Kier alpha value is -1.00. The highest BCUT2D eigenvalue weighted by Gasteiger charge is 2.54. The van der Waals surface area contributed by atoms with Crippen LogP contribution in [0.25, 0.3) is 0 Å². The van der Waals surface area contributed by atoms with Crippen molar-refractivity contribution >= 4 is 11.6 Å². The summed E-state index contributed by atoms with van der Waals surface area (Å²) in [6.45, 7) is 4.48. The Morgan fingerprint density at radius 1 is 1.21 bits per heavy atom. The van der Waals surface area contributed by atoms with E-state index in [4.69, 9.17) is 11.6 Å². The molecule has 0 aliphatic heterocycles. The second-order valence-electron chi connectivity index (χ2n) is 6.06. The van der Waals surface area contributed by atoms with Gasteiger partial charge in [-0.1, -0.05) is 50.4 Å². The van der Waals surface area contributed by atoms with E-state index >= 15 is 0 Å². The highest BCUT2D eigenvalue weighted by atomic mass is 35.5. The standard InChI is InChI=1S/C17H22ClN/c1-3-8-16(9-4-2)11-17(12-16,13-19)14-6-5-7-15(18)10-14/h5-7,10H,3-4,8-9,11-12H2,1-2H3. The summed E-state index contributed by atoms with van der Waals surface area (Å²) < 4.78 is 0. The minimum Gasteiger partial charge on any atom is -0.197 e. The Kier molecular flexibility index (Phi) is 4.21. The first-order valence-corrected chi connectivity index (χ1v) is 7.65. The van der Waals surface area contributed by atoms with Gasteiger partial charge in [0.1, 0.15) is 0 Å². The van der Waals surface area contributed by atoms with Crippen molar-refractivity contribution in [3.05, 3.63) is 34.9 Å². The van der Waals surface area contributed by atoms with E-state index in [0.717, 1.165) is 23.4 Å². The molecule has 1 fully saturated rings. The molecule has 0 spiro atoms. The molecule has 0 radical (unpaired) electrons. The van der Waals surface area contributed by atoms with E-state index in [1.807, 2.05) is 18.2 Å². The van der Waals surface area contributed by atoms with Crippen LogP contribution in [0.2, 0.25) is 5.02 Å². The predicted octanol–water partition coefficient (Wildman–Crippen LogP) is 5.48. The molecule has 1 nitrogen and oxygen atoms in total. The number of nitrogens with zero attached hydrogens (tertiary/aromatic N) is 1. The third-order valence-corrected chi connectivity index (χ3v) is 4.74. The average Bonchev–Trinajstić information content (AvgIpc) is 2.35. The molecule has 0 heterocycles. The predicted molar refractivity (Wildman–Crippen MR) is 80.2 cm³/mol. The maximum absolute atomic E-state index is 9.66. The molecule has 0 bridgehead atoms. The molecule has 0 unspecified atom stereocenters. The molecule has 2 heteroatoms. The fraction of sp³-hybridized carbons (Fsp3) is 0.588. The molecule has 0 atom stereocenters. The van der Waals surface area contributed by atoms with E-state index < -0.39 is 0 Å². The molecule has 0 amide bonds. The van der Waals surface area contributed by atoms with Crippen LogP contribution in [0.15, 0.2) is 24.3 Å². The normalized spacial score (nSPS) is 19.5. The molecular weight excluding hydrogens is 254 g/mol. The van der Waals surface area contributed by atoms with E-state index in [1.54, 1.807) is 0 Å². The van der Waals surface area contributed by atoms with Crippen molar-refractivity contribution in [2.45, 2.75) is 57.8 Å². The average molecular weight is 276 g/mol. The summed E-state index contributed by atoms with van der Waals surface area (Å²) in [5, 5.41) is 10.4. The summed E-state index contributed by atoms with van der Waals surface area (Å²) in [7, 11) is 0. The van der Waals surface area contributed by atoms with E-state index in [0.29, 0.717) is 5.41 Å². The fourth-order valence-electron chi connectivity index (χ4n) is 3.90. The zero-order chi connectivity index (χ0) is 13.9. The second kappa shape index (κ2) is 5.55. The first kappa shape index (κ1) is 14.4. The van der Waals surface area contributed by atoms with Crippen LogP contribution in [0.5, 0.6) is 0 Å². The van der Waals surface area contributed by atoms with Crippen molar-refractivity contribution in [2.75, 3.05) is 0 Å². The lowest BCUT2D eigenvalue weighted by molar-refractivity contribution is 0.0358. The largest absolute Gasteiger partial charge is 0.197 e. The highest BCUT2D eigenvalue weighted by molar-refractivity contribution is 6.30. The lowest BCUT2D eigenvalue weighted by Crippen LogP contribution is -2.48. The van der Waals surface area contributed by atoms with Gasteiger partial charge in [0.25, 0.3) is 0 Å². The molecule has 2 rings (SSSR count). The van der Waals surface area contributed by atoms with Crippen LogP contribution >= 0.6 is 11.6 Å². The Bertz CT molecular complexity index is 472. The van der Waals surface area contributed by atoms with Gasteiger partial charge in [0, 0.05) is 5.02 Å². The number of nitriles is 1. The van der Waals surface area contributed by atoms with Crippen molar-refractivity contribution in [1.82, 2.24) is 0 Å². The molecule has 1 aromatic carbocycles. The first-order chi connectivity index (χ1) is 9.10. The van der Waals surface area contributed by atoms with Crippen molar-refractivity contribution in [2.24, 2.45) is 5.41 Å². The number of benzene rings is 1. The van der Waals surface area contributed by atoms with Crippen molar-refractivity contribution in [1.29, 1.82) is 5.26 Å². The Labute approximate surface area is 121 Å². The van der Waals surface area contributed by atoms with Gasteiger partial charge in [-0.2, -0.15) is 5.26 Å². The highest BCUT2D eigenvalue weighted by Crippen LogP contribution is 2.60. The molecule has 102 valence electrons. The summed E-state index contributed by atoms with van der Waals surface area (Å²) in [6.07, 6.45) is 6.89. The van der Waals surface area contributed by atoms with Crippen molar-refractivity contribution in [3.63, 3.8) is 0 Å². The molecule has 1 aliphatic rings. The summed E-state index contributed by atoms with van der Waals surface area (Å²) in [5.41, 5.74) is 1.20. The van der Waals surface area contributed by atoms with Crippen LogP contribution in [-0.2, 0) is 5.41 Å². The quantitative estimate of drug-likeness (QED) is 0.698. The van der Waals surface area contributed by atoms with Gasteiger partial charge >= 0.3 is 0 Å². The van der Waals surface area contributed by atoms with E-state index in [1.165, 1.54) is 25.7 Å². The summed E-state index contributed by atoms with van der Waals surface area (Å²) in [4.78, 5) is 0. The zero-order valence-corrected chi connectivity index (χ0v) is 12.6. The lowest BCUT2D eigenvalue weighted by Gasteiger charge is -2.53. The SMILES string of the molecule is CCCC1(CCC)CC(C#N)(c2cccc(Cl)c2)C1. The maximum Gasteiger partial charge on any atom is 0.0833 e. The molecule has 1 aliphatic carbocycles. The van der Waals surface area contributed by atoms with Gasteiger partial charge in [0.05, 0.1) is 11.5 Å². The number of hydrogen-bond donors (Lipinski definition) is 0. The minimum absolute atomic E-state index is 0.296. The summed E-state index contributed by atoms with van der Waals surface area (Å²) in [6, 6.07) is 10.4. The van der Waals surface area contributed by atoms with E-state index in [2.05, 4.69) is 26.0 Å². The number of hydrogen-bond acceptors (Lipinski definition) is 1. The van der Waals surface area contributed by atoms with Crippen molar-refractivity contribution in [3.8, 4) is 6.07 Å². The fourth-order valence-corrected chi connectivity index (χ4v) is 4.09. The van der Waals surface area contributed by atoms with Crippen molar-refractivity contribution < 1.29 is 0 Å². The van der Waals surface area contributed by atoms with Gasteiger partial charge in [-0.05, 0) is 48.8 Å². The Morgan fingerprint density at radius 2 is 1.84 bits per heavy atom. The molecule has 0 aromatic heterocycles. The molecule has 0 saturated heterocycles. The molecule has 19 heavy (non-hydrogen) atoms. The Morgan fingerprint density at radius 3 is 2.32 bits per heavy atom. The van der Waals surface area contributed by atoms with Crippen LogP contribution < -0.4 is 0 Å².